The van der Waals surface area contributed by atoms with Gasteiger partial charge in [0.2, 0.25) is 0 Å². The van der Waals surface area contributed by atoms with Crippen LogP contribution in [-0.2, 0) is 16.0 Å². The van der Waals surface area contributed by atoms with Crippen molar-refractivity contribution in [1.29, 1.82) is 0 Å². The van der Waals surface area contributed by atoms with E-state index in [1.54, 1.807) is 0 Å². The third kappa shape index (κ3) is 6.43. The molecule has 0 atom stereocenters. The average Bonchev–Trinajstić information content (AvgIpc) is 2.73. The van der Waals surface area contributed by atoms with Crippen LogP contribution < -0.4 is 10.2 Å². The van der Waals surface area contributed by atoms with Crippen molar-refractivity contribution >= 4 is 23.8 Å². The van der Waals surface area contributed by atoms with E-state index in [-0.39, 0.29) is 5.97 Å². The zero-order chi connectivity index (χ0) is 20.7. The molecule has 5 nitrogen and oxygen atoms in total. The lowest BCUT2D eigenvalue weighted by Gasteiger charge is -2.29. The summed E-state index contributed by atoms with van der Waals surface area (Å²) in [6.45, 7) is 10.1. The predicted molar refractivity (Wildman–Crippen MR) is 119 cm³/mol. The summed E-state index contributed by atoms with van der Waals surface area (Å²) in [6, 6.07) is 12.5. The first-order valence-electron chi connectivity index (χ1n) is 10.3. The van der Waals surface area contributed by atoms with E-state index in [2.05, 4.69) is 57.7 Å². The van der Waals surface area contributed by atoms with E-state index in [0.717, 1.165) is 49.4 Å². The molecule has 0 unspecified atom stereocenters. The number of aromatic nitrogens is 1. The van der Waals surface area contributed by atoms with E-state index in [1.165, 1.54) is 5.69 Å². The van der Waals surface area contributed by atoms with Crippen molar-refractivity contribution < 1.29 is 9.53 Å². The second-order valence-corrected chi connectivity index (χ2v) is 8.39. The van der Waals surface area contributed by atoms with Gasteiger partial charge in [-0.15, -0.1) is 0 Å². The topological polar surface area (TPSA) is 54.5 Å². The first kappa shape index (κ1) is 21.1. The van der Waals surface area contributed by atoms with E-state index < -0.39 is 5.41 Å². The quantitative estimate of drug-likeness (QED) is 0.757. The number of carbonyl (C=O) groups excluding carboxylic acids is 1. The number of carbonyl (C=O) groups is 1. The Labute approximate surface area is 173 Å². The number of nitrogens with zero attached hydrogens (tertiary/aromatic N) is 2. The smallest absolute Gasteiger partial charge is 0.311 e. The van der Waals surface area contributed by atoms with Crippen molar-refractivity contribution in [3.63, 3.8) is 0 Å². The molecule has 2 heterocycles. The molecule has 0 amide bonds. The first-order valence-corrected chi connectivity index (χ1v) is 10.3. The normalized spacial score (nSPS) is 14.9. The molecular formula is C24H31N3O2. The number of rotatable bonds is 6. The largest absolute Gasteiger partial charge is 0.465 e. The molecule has 1 N–H and O–H groups in total. The highest BCUT2D eigenvalue weighted by atomic mass is 16.5. The number of nitrogens with one attached hydrogen (secondary N) is 1. The summed E-state index contributed by atoms with van der Waals surface area (Å²) in [7, 11) is 0. The predicted octanol–water partition coefficient (Wildman–Crippen LogP) is 3.79. The Morgan fingerprint density at radius 1 is 1.10 bits per heavy atom. The lowest BCUT2D eigenvalue weighted by molar-refractivity contribution is -0.152. The minimum absolute atomic E-state index is 0.160. The molecule has 0 aliphatic carbocycles. The Morgan fingerprint density at radius 3 is 2.45 bits per heavy atom. The molecule has 1 fully saturated rings. The van der Waals surface area contributed by atoms with Crippen molar-refractivity contribution in [2.45, 2.75) is 27.2 Å². The summed E-state index contributed by atoms with van der Waals surface area (Å²) >= 11 is 0. The zero-order valence-corrected chi connectivity index (χ0v) is 17.6. The SMILES string of the molecule is CC(C)(C)C(=O)OCCc1ccc(C=Cc2ccc(N3CCNCC3)cn2)cc1. The number of hydrogen-bond donors (Lipinski definition) is 1. The summed E-state index contributed by atoms with van der Waals surface area (Å²) in [5.74, 6) is -0.160. The number of benzene rings is 1. The fraction of sp³-hybridized carbons (Fsp3) is 0.417. The number of hydrogen-bond acceptors (Lipinski definition) is 5. The van der Waals surface area contributed by atoms with Gasteiger partial charge in [0.15, 0.2) is 0 Å². The average molecular weight is 394 g/mol. The summed E-state index contributed by atoms with van der Waals surface area (Å²) in [5.41, 5.74) is 3.95. The van der Waals surface area contributed by atoms with E-state index in [0.29, 0.717) is 6.61 Å². The van der Waals surface area contributed by atoms with Crippen LogP contribution in [0.15, 0.2) is 42.6 Å². The molecule has 5 heteroatoms. The van der Waals surface area contributed by atoms with E-state index in [4.69, 9.17) is 4.74 Å². The van der Waals surface area contributed by atoms with Gasteiger partial charge in [-0.3, -0.25) is 9.78 Å². The number of anilines is 1. The third-order valence-corrected chi connectivity index (χ3v) is 4.92. The van der Waals surface area contributed by atoms with Crippen LogP contribution >= 0.6 is 0 Å². The fourth-order valence-corrected chi connectivity index (χ4v) is 3.06. The van der Waals surface area contributed by atoms with Crippen molar-refractivity contribution in [3.8, 4) is 0 Å². The Kier molecular flexibility index (Phi) is 7.04. The third-order valence-electron chi connectivity index (χ3n) is 4.92. The van der Waals surface area contributed by atoms with E-state index in [9.17, 15) is 4.79 Å². The molecule has 0 bridgehead atoms. The molecule has 1 aliphatic heterocycles. The first-order chi connectivity index (χ1) is 13.9. The Bertz CT molecular complexity index is 815. The van der Waals surface area contributed by atoms with Gasteiger partial charge < -0.3 is 15.0 Å². The molecule has 29 heavy (non-hydrogen) atoms. The van der Waals surface area contributed by atoms with Crippen molar-refractivity contribution in [1.82, 2.24) is 10.3 Å². The number of esters is 1. The van der Waals surface area contributed by atoms with E-state index in [1.807, 2.05) is 33.0 Å². The maximum atomic E-state index is 11.8. The van der Waals surface area contributed by atoms with Crippen LogP contribution in [0.5, 0.6) is 0 Å². The van der Waals surface area contributed by atoms with Crippen LogP contribution in [0.25, 0.3) is 12.2 Å². The fourth-order valence-electron chi connectivity index (χ4n) is 3.06. The molecule has 3 rings (SSSR count). The summed E-state index contributed by atoms with van der Waals surface area (Å²) in [5, 5.41) is 3.36. The summed E-state index contributed by atoms with van der Waals surface area (Å²) in [4.78, 5) is 18.7. The van der Waals surface area contributed by atoms with Gasteiger partial charge in [-0.05, 0) is 50.1 Å². The number of pyridine rings is 1. The van der Waals surface area contributed by atoms with Gasteiger partial charge in [0.25, 0.3) is 0 Å². The second kappa shape index (κ2) is 9.70. The molecular weight excluding hydrogens is 362 g/mol. The van der Waals surface area contributed by atoms with Crippen molar-refractivity contribution in [2.75, 3.05) is 37.7 Å². The standard InChI is InChI=1S/C24H31N3O2/c1-24(2,3)23(28)29-17-12-20-6-4-19(5-7-20)8-9-21-10-11-22(18-26-21)27-15-13-25-14-16-27/h4-11,18,25H,12-17H2,1-3H3. The van der Waals surface area contributed by atoms with Gasteiger partial charge in [-0.2, -0.15) is 0 Å². The molecule has 1 aromatic carbocycles. The number of ether oxygens (including phenoxy) is 1. The van der Waals surface area contributed by atoms with Crippen molar-refractivity contribution in [3.05, 3.63) is 59.4 Å². The summed E-state index contributed by atoms with van der Waals surface area (Å²) in [6.07, 6.45) is 6.77. The zero-order valence-electron chi connectivity index (χ0n) is 17.6. The molecule has 1 saturated heterocycles. The van der Waals surface area contributed by atoms with Crippen LogP contribution in [0.4, 0.5) is 5.69 Å². The summed E-state index contributed by atoms with van der Waals surface area (Å²) < 4.78 is 5.33. The van der Waals surface area contributed by atoms with E-state index >= 15 is 0 Å². The van der Waals surface area contributed by atoms with Gasteiger partial charge in [0, 0.05) is 32.6 Å². The second-order valence-electron chi connectivity index (χ2n) is 8.39. The van der Waals surface area contributed by atoms with Gasteiger partial charge in [0.05, 0.1) is 29.6 Å². The highest BCUT2D eigenvalue weighted by Gasteiger charge is 2.22. The van der Waals surface area contributed by atoms with Crippen LogP contribution in [0.2, 0.25) is 0 Å². The lowest BCUT2D eigenvalue weighted by atomic mass is 9.97. The Hall–Kier alpha value is -2.66. The maximum absolute atomic E-state index is 11.8. The monoisotopic (exact) mass is 393 g/mol. The van der Waals surface area contributed by atoms with Crippen molar-refractivity contribution in [2.24, 2.45) is 5.41 Å². The van der Waals surface area contributed by atoms with Gasteiger partial charge in [0.1, 0.15) is 0 Å². The number of piperazine rings is 1. The van der Waals surface area contributed by atoms with Gasteiger partial charge in [-0.1, -0.05) is 30.3 Å². The Morgan fingerprint density at radius 2 is 1.83 bits per heavy atom. The molecule has 0 spiro atoms. The highest BCUT2D eigenvalue weighted by molar-refractivity contribution is 5.75. The van der Waals surface area contributed by atoms with Crippen LogP contribution in [0, 0.1) is 5.41 Å². The molecule has 0 saturated carbocycles. The lowest BCUT2D eigenvalue weighted by Crippen LogP contribution is -2.43. The van der Waals surface area contributed by atoms with Crippen LogP contribution in [-0.4, -0.2) is 43.7 Å². The van der Waals surface area contributed by atoms with Crippen LogP contribution in [0.1, 0.15) is 37.6 Å². The molecule has 1 aromatic heterocycles. The van der Waals surface area contributed by atoms with Crippen LogP contribution in [0.3, 0.4) is 0 Å². The van der Waals surface area contributed by atoms with Gasteiger partial charge >= 0.3 is 5.97 Å². The van der Waals surface area contributed by atoms with Gasteiger partial charge in [-0.25, -0.2) is 0 Å². The molecule has 154 valence electrons. The maximum Gasteiger partial charge on any atom is 0.311 e. The highest BCUT2D eigenvalue weighted by Crippen LogP contribution is 2.17. The Balaban J connectivity index is 1.50. The molecule has 1 aliphatic rings. The molecule has 0 radical (unpaired) electrons. The minimum atomic E-state index is -0.453. The minimum Gasteiger partial charge on any atom is -0.465 e. The molecule has 2 aromatic rings.